The van der Waals surface area contributed by atoms with E-state index in [2.05, 4.69) is 16.5 Å². The first-order chi connectivity index (χ1) is 5.84. The van der Waals surface area contributed by atoms with Crippen molar-refractivity contribution >= 4 is 5.78 Å². The lowest BCUT2D eigenvalue weighted by Crippen LogP contribution is -1.99. The molecule has 0 fully saturated rings. The summed E-state index contributed by atoms with van der Waals surface area (Å²) in [5.74, 6) is 0.0653. The lowest BCUT2D eigenvalue weighted by atomic mass is 10.1. The highest BCUT2D eigenvalue weighted by Crippen LogP contribution is 2.01. The number of hydrogen-bond acceptors (Lipinski definition) is 3. The molecule has 0 bridgehead atoms. The second-order valence-corrected chi connectivity index (χ2v) is 2.38. The van der Waals surface area contributed by atoms with Gasteiger partial charge < -0.3 is 0 Å². The van der Waals surface area contributed by atoms with Gasteiger partial charge in [0.15, 0.2) is 5.78 Å². The molecule has 0 saturated carbocycles. The van der Waals surface area contributed by atoms with Gasteiger partial charge in [0, 0.05) is 18.8 Å². The van der Waals surface area contributed by atoms with Gasteiger partial charge in [-0.05, 0) is 6.42 Å². The van der Waals surface area contributed by atoms with E-state index in [0.29, 0.717) is 18.4 Å². The van der Waals surface area contributed by atoms with Crippen LogP contribution in [0.2, 0.25) is 0 Å². The van der Waals surface area contributed by atoms with Crippen LogP contribution in [0.5, 0.6) is 0 Å². The van der Waals surface area contributed by atoms with Crippen LogP contribution in [0.15, 0.2) is 31.4 Å². The summed E-state index contributed by atoms with van der Waals surface area (Å²) in [7, 11) is 0. The second kappa shape index (κ2) is 4.38. The second-order valence-electron chi connectivity index (χ2n) is 2.38. The van der Waals surface area contributed by atoms with Crippen molar-refractivity contribution in [1.82, 2.24) is 9.97 Å². The molecule has 0 amide bonds. The van der Waals surface area contributed by atoms with E-state index in [1.807, 2.05) is 0 Å². The Morgan fingerprint density at radius 1 is 1.50 bits per heavy atom. The third-order valence-corrected chi connectivity index (χ3v) is 1.46. The van der Waals surface area contributed by atoms with Crippen LogP contribution in [0, 0.1) is 0 Å². The van der Waals surface area contributed by atoms with Crippen molar-refractivity contribution in [3.8, 4) is 0 Å². The minimum atomic E-state index is 0.0653. The molecule has 1 aromatic rings. The molecule has 0 aromatic carbocycles. The highest BCUT2D eigenvalue weighted by molar-refractivity contribution is 5.95. The van der Waals surface area contributed by atoms with Crippen LogP contribution in [0.25, 0.3) is 0 Å². The number of rotatable bonds is 4. The normalized spacial score (nSPS) is 9.33. The molecule has 0 saturated heterocycles. The van der Waals surface area contributed by atoms with Crippen LogP contribution in [0.4, 0.5) is 0 Å². The number of Topliss-reactive ketones (excluding diaryl/α,β-unsaturated/α-hetero) is 1. The van der Waals surface area contributed by atoms with E-state index in [9.17, 15) is 4.79 Å². The van der Waals surface area contributed by atoms with Crippen LogP contribution < -0.4 is 0 Å². The molecule has 12 heavy (non-hydrogen) atoms. The summed E-state index contributed by atoms with van der Waals surface area (Å²) in [5, 5.41) is 0. The summed E-state index contributed by atoms with van der Waals surface area (Å²) >= 11 is 0. The van der Waals surface area contributed by atoms with Crippen molar-refractivity contribution in [3.63, 3.8) is 0 Å². The topological polar surface area (TPSA) is 42.9 Å². The van der Waals surface area contributed by atoms with Gasteiger partial charge in [0.2, 0.25) is 0 Å². The van der Waals surface area contributed by atoms with Crippen molar-refractivity contribution in [2.75, 3.05) is 0 Å². The van der Waals surface area contributed by atoms with Crippen molar-refractivity contribution in [2.45, 2.75) is 12.8 Å². The predicted octanol–water partition coefficient (Wildman–Crippen LogP) is 1.63. The molecule has 3 heteroatoms. The predicted molar refractivity (Wildman–Crippen MR) is 45.8 cm³/mol. The van der Waals surface area contributed by atoms with E-state index in [4.69, 9.17) is 0 Å². The van der Waals surface area contributed by atoms with Crippen LogP contribution in [0.3, 0.4) is 0 Å². The van der Waals surface area contributed by atoms with Gasteiger partial charge in [-0.3, -0.25) is 4.79 Å². The van der Waals surface area contributed by atoms with Gasteiger partial charge in [-0.2, -0.15) is 0 Å². The standard InChI is InChI=1S/C9H10N2O/c1-2-3-4-9(12)8-5-10-7-11-6-8/h2,5-7H,1,3-4H2. The lowest BCUT2D eigenvalue weighted by molar-refractivity contribution is 0.0983. The molecule has 1 heterocycles. The molecule has 0 N–H and O–H groups in total. The smallest absolute Gasteiger partial charge is 0.166 e. The van der Waals surface area contributed by atoms with Gasteiger partial charge in [0.25, 0.3) is 0 Å². The Hall–Kier alpha value is -1.51. The average molecular weight is 162 g/mol. The third kappa shape index (κ3) is 2.27. The minimum Gasteiger partial charge on any atom is -0.294 e. The number of allylic oxidation sites excluding steroid dienone is 1. The maximum Gasteiger partial charge on any atom is 0.166 e. The molecule has 62 valence electrons. The molecular weight excluding hydrogens is 152 g/mol. The Balaban J connectivity index is 2.59. The van der Waals surface area contributed by atoms with Crippen molar-refractivity contribution in [2.24, 2.45) is 0 Å². The lowest BCUT2D eigenvalue weighted by Gasteiger charge is -1.95. The first-order valence-corrected chi connectivity index (χ1v) is 3.73. The fourth-order valence-corrected chi connectivity index (χ4v) is 0.821. The zero-order chi connectivity index (χ0) is 8.81. The number of hydrogen-bond donors (Lipinski definition) is 0. The monoisotopic (exact) mass is 162 g/mol. The fraction of sp³-hybridized carbons (Fsp3) is 0.222. The summed E-state index contributed by atoms with van der Waals surface area (Å²) in [4.78, 5) is 18.8. The summed E-state index contributed by atoms with van der Waals surface area (Å²) in [6.07, 6.45) is 7.37. The molecule has 0 atom stereocenters. The number of carbonyl (C=O) groups is 1. The molecule has 0 radical (unpaired) electrons. The highest BCUT2D eigenvalue weighted by atomic mass is 16.1. The molecule has 1 aromatic heterocycles. The number of aromatic nitrogens is 2. The Kier molecular flexibility index (Phi) is 3.14. The summed E-state index contributed by atoms with van der Waals surface area (Å²) in [6.45, 7) is 3.54. The van der Waals surface area contributed by atoms with E-state index >= 15 is 0 Å². The van der Waals surface area contributed by atoms with Crippen molar-refractivity contribution in [3.05, 3.63) is 36.9 Å². The van der Waals surface area contributed by atoms with Crippen molar-refractivity contribution in [1.29, 1.82) is 0 Å². The van der Waals surface area contributed by atoms with Gasteiger partial charge in [0.05, 0.1) is 5.56 Å². The van der Waals surface area contributed by atoms with E-state index < -0.39 is 0 Å². The van der Waals surface area contributed by atoms with Gasteiger partial charge in [0.1, 0.15) is 6.33 Å². The molecule has 3 nitrogen and oxygen atoms in total. The van der Waals surface area contributed by atoms with Crippen molar-refractivity contribution < 1.29 is 4.79 Å². The maximum absolute atomic E-state index is 11.3. The van der Waals surface area contributed by atoms with Gasteiger partial charge in [-0.1, -0.05) is 6.08 Å². The van der Waals surface area contributed by atoms with E-state index in [-0.39, 0.29) is 5.78 Å². The Bertz CT molecular complexity index is 269. The first kappa shape index (κ1) is 8.59. The largest absolute Gasteiger partial charge is 0.294 e. The number of nitrogens with zero attached hydrogens (tertiary/aromatic N) is 2. The fourth-order valence-electron chi connectivity index (χ4n) is 0.821. The Labute approximate surface area is 71.2 Å². The highest BCUT2D eigenvalue weighted by Gasteiger charge is 2.03. The maximum atomic E-state index is 11.3. The molecular formula is C9H10N2O. The molecule has 1 rings (SSSR count). The first-order valence-electron chi connectivity index (χ1n) is 3.73. The van der Waals surface area contributed by atoms with Crippen LogP contribution in [0.1, 0.15) is 23.2 Å². The van der Waals surface area contributed by atoms with Gasteiger partial charge >= 0.3 is 0 Å². The molecule has 0 aliphatic carbocycles. The zero-order valence-electron chi connectivity index (χ0n) is 6.73. The molecule has 0 aliphatic heterocycles. The number of ketones is 1. The van der Waals surface area contributed by atoms with Gasteiger partial charge in [-0.25, -0.2) is 9.97 Å². The SMILES string of the molecule is C=CCCC(=O)c1cncnc1. The molecule has 0 aliphatic rings. The summed E-state index contributed by atoms with van der Waals surface area (Å²) in [6, 6.07) is 0. The Morgan fingerprint density at radius 3 is 2.75 bits per heavy atom. The van der Waals surface area contributed by atoms with Crippen LogP contribution in [-0.2, 0) is 0 Å². The Morgan fingerprint density at radius 2 is 2.17 bits per heavy atom. The van der Waals surface area contributed by atoms with Gasteiger partial charge in [-0.15, -0.1) is 6.58 Å². The quantitative estimate of drug-likeness (QED) is 0.499. The molecule has 0 unspecified atom stereocenters. The third-order valence-electron chi connectivity index (χ3n) is 1.46. The van der Waals surface area contributed by atoms with E-state index in [1.54, 1.807) is 6.08 Å². The van der Waals surface area contributed by atoms with E-state index in [1.165, 1.54) is 18.7 Å². The summed E-state index contributed by atoms with van der Waals surface area (Å²) < 4.78 is 0. The van der Waals surface area contributed by atoms with E-state index in [0.717, 1.165) is 0 Å². The number of carbonyl (C=O) groups excluding carboxylic acids is 1. The average Bonchev–Trinajstić information content (AvgIpc) is 2.15. The molecule has 0 spiro atoms. The minimum absolute atomic E-state index is 0.0653. The van der Waals surface area contributed by atoms with Crippen LogP contribution >= 0.6 is 0 Å². The van der Waals surface area contributed by atoms with Crippen LogP contribution in [-0.4, -0.2) is 15.8 Å². The summed E-state index contributed by atoms with van der Waals surface area (Å²) in [5.41, 5.74) is 0.569. The zero-order valence-corrected chi connectivity index (χ0v) is 6.73.